The number of halogens is 1. The van der Waals surface area contributed by atoms with Crippen LogP contribution in [-0.4, -0.2) is 31.2 Å². The summed E-state index contributed by atoms with van der Waals surface area (Å²) in [6, 6.07) is 2.15. The molecule has 0 amide bonds. The minimum Gasteiger partial charge on any atom is -0.370 e. The highest BCUT2D eigenvalue weighted by Crippen LogP contribution is 2.24. The van der Waals surface area contributed by atoms with E-state index in [1.54, 1.807) is 0 Å². The third-order valence-electron chi connectivity index (χ3n) is 3.35. The standard InChI is InChI=1S/C13H20BrN3/c1-2-15-8-11-3-5-17(6-4-11)13-7-12(14)9-16-10-13/h7,9-11,15H,2-6,8H2,1H3. The van der Waals surface area contributed by atoms with E-state index in [9.17, 15) is 0 Å². The van der Waals surface area contributed by atoms with Crippen LogP contribution < -0.4 is 10.2 Å². The van der Waals surface area contributed by atoms with Gasteiger partial charge in [-0.1, -0.05) is 6.92 Å². The quantitative estimate of drug-likeness (QED) is 0.926. The summed E-state index contributed by atoms with van der Waals surface area (Å²) in [6.07, 6.45) is 6.34. The number of hydrogen-bond acceptors (Lipinski definition) is 3. The third kappa shape index (κ3) is 3.68. The minimum atomic E-state index is 0.839. The molecule has 2 rings (SSSR count). The Morgan fingerprint density at radius 2 is 2.18 bits per heavy atom. The number of piperidine rings is 1. The predicted octanol–water partition coefficient (Wildman–Crippen LogP) is 2.67. The lowest BCUT2D eigenvalue weighted by molar-refractivity contribution is 0.386. The molecular formula is C13H20BrN3. The monoisotopic (exact) mass is 297 g/mol. The van der Waals surface area contributed by atoms with Crippen LogP contribution in [-0.2, 0) is 0 Å². The Morgan fingerprint density at radius 1 is 1.41 bits per heavy atom. The number of rotatable bonds is 4. The fourth-order valence-corrected chi connectivity index (χ4v) is 2.67. The Bertz CT molecular complexity index is 348. The molecule has 0 saturated carbocycles. The van der Waals surface area contributed by atoms with Crippen molar-refractivity contribution in [3.63, 3.8) is 0 Å². The van der Waals surface area contributed by atoms with Crippen LogP contribution in [0, 0.1) is 5.92 Å². The van der Waals surface area contributed by atoms with Crippen LogP contribution in [0.1, 0.15) is 19.8 Å². The van der Waals surface area contributed by atoms with Crippen molar-refractivity contribution >= 4 is 21.6 Å². The normalized spacial score (nSPS) is 17.4. The number of aromatic nitrogens is 1. The zero-order chi connectivity index (χ0) is 12.1. The average molecular weight is 298 g/mol. The molecular weight excluding hydrogens is 278 g/mol. The van der Waals surface area contributed by atoms with Gasteiger partial charge in [-0.2, -0.15) is 0 Å². The number of anilines is 1. The van der Waals surface area contributed by atoms with E-state index >= 15 is 0 Å². The second-order valence-corrected chi connectivity index (χ2v) is 5.52. The molecule has 4 heteroatoms. The van der Waals surface area contributed by atoms with Gasteiger partial charge in [0.15, 0.2) is 0 Å². The van der Waals surface area contributed by atoms with Gasteiger partial charge in [-0.15, -0.1) is 0 Å². The first-order chi connectivity index (χ1) is 8.29. The van der Waals surface area contributed by atoms with Crippen LogP contribution in [0.15, 0.2) is 22.9 Å². The molecule has 0 radical (unpaired) electrons. The first kappa shape index (κ1) is 12.8. The van der Waals surface area contributed by atoms with E-state index in [0.29, 0.717) is 0 Å². The van der Waals surface area contributed by atoms with Crippen LogP contribution in [0.25, 0.3) is 0 Å². The van der Waals surface area contributed by atoms with Gasteiger partial charge in [0.25, 0.3) is 0 Å². The molecule has 1 saturated heterocycles. The summed E-state index contributed by atoms with van der Waals surface area (Å²) in [4.78, 5) is 6.66. The van der Waals surface area contributed by atoms with Gasteiger partial charge in [-0.25, -0.2) is 0 Å². The van der Waals surface area contributed by atoms with Crippen molar-refractivity contribution in [2.45, 2.75) is 19.8 Å². The van der Waals surface area contributed by atoms with Gasteiger partial charge >= 0.3 is 0 Å². The molecule has 17 heavy (non-hydrogen) atoms. The SMILES string of the molecule is CCNCC1CCN(c2cncc(Br)c2)CC1. The second kappa shape index (κ2) is 6.36. The molecule has 1 aliphatic rings. The molecule has 1 aromatic heterocycles. The second-order valence-electron chi connectivity index (χ2n) is 4.60. The smallest absolute Gasteiger partial charge is 0.0564 e. The fourth-order valence-electron chi connectivity index (χ4n) is 2.32. The topological polar surface area (TPSA) is 28.2 Å². The maximum atomic E-state index is 4.23. The van der Waals surface area contributed by atoms with Gasteiger partial charge in [0.2, 0.25) is 0 Å². The van der Waals surface area contributed by atoms with E-state index in [-0.39, 0.29) is 0 Å². The Morgan fingerprint density at radius 3 is 2.82 bits per heavy atom. The zero-order valence-electron chi connectivity index (χ0n) is 10.3. The zero-order valence-corrected chi connectivity index (χ0v) is 11.9. The first-order valence-corrected chi connectivity index (χ1v) is 7.15. The Balaban J connectivity index is 1.86. The molecule has 3 nitrogen and oxygen atoms in total. The van der Waals surface area contributed by atoms with Crippen molar-refractivity contribution < 1.29 is 0 Å². The van der Waals surface area contributed by atoms with Crippen molar-refractivity contribution in [3.8, 4) is 0 Å². The van der Waals surface area contributed by atoms with E-state index in [4.69, 9.17) is 0 Å². The number of nitrogens with zero attached hydrogens (tertiary/aromatic N) is 2. The fraction of sp³-hybridized carbons (Fsp3) is 0.615. The molecule has 0 aromatic carbocycles. The lowest BCUT2D eigenvalue weighted by atomic mass is 9.96. The number of nitrogens with one attached hydrogen (secondary N) is 1. The highest BCUT2D eigenvalue weighted by atomic mass is 79.9. The van der Waals surface area contributed by atoms with E-state index in [1.807, 2.05) is 12.4 Å². The van der Waals surface area contributed by atoms with Crippen LogP contribution in [0.4, 0.5) is 5.69 Å². The summed E-state index contributed by atoms with van der Waals surface area (Å²) in [7, 11) is 0. The Kier molecular flexibility index (Phi) is 4.80. The maximum Gasteiger partial charge on any atom is 0.0564 e. The first-order valence-electron chi connectivity index (χ1n) is 6.36. The molecule has 1 aliphatic heterocycles. The lowest BCUT2D eigenvalue weighted by Gasteiger charge is -2.33. The largest absolute Gasteiger partial charge is 0.370 e. The van der Waals surface area contributed by atoms with E-state index in [0.717, 1.165) is 30.0 Å². The van der Waals surface area contributed by atoms with E-state index < -0.39 is 0 Å². The Labute approximate surface area is 112 Å². The number of hydrogen-bond donors (Lipinski definition) is 1. The van der Waals surface area contributed by atoms with Crippen LogP contribution in [0.5, 0.6) is 0 Å². The van der Waals surface area contributed by atoms with Crippen LogP contribution in [0.2, 0.25) is 0 Å². The highest BCUT2D eigenvalue weighted by Gasteiger charge is 2.19. The van der Waals surface area contributed by atoms with Gasteiger partial charge in [0, 0.05) is 23.8 Å². The summed E-state index contributed by atoms with van der Waals surface area (Å²) < 4.78 is 1.06. The molecule has 0 aliphatic carbocycles. The molecule has 0 unspecified atom stereocenters. The van der Waals surface area contributed by atoms with Gasteiger partial charge in [0.05, 0.1) is 11.9 Å². The summed E-state index contributed by atoms with van der Waals surface area (Å²) in [5, 5.41) is 3.44. The van der Waals surface area contributed by atoms with Gasteiger partial charge in [-0.3, -0.25) is 4.98 Å². The van der Waals surface area contributed by atoms with Crippen LogP contribution >= 0.6 is 15.9 Å². The molecule has 1 N–H and O–H groups in total. The predicted molar refractivity (Wildman–Crippen MR) is 75.4 cm³/mol. The summed E-state index contributed by atoms with van der Waals surface area (Å²) in [5.74, 6) is 0.839. The highest BCUT2D eigenvalue weighted by molar-refractivity contribution is 9.10. The summed E-state index contributed by atoms with van der Waals surface area (Å²) in [6.45, 7) is 6.71. The van der Waals surface area contributed by atoms with Crippen molar-refractivity contribution in [1.29, 1.82) is 0 Å². The van der Waals surface area contributed by atoms with Crippen molar-refractivity contribution in [2.24, 2.45) is 5.92 Å². The lowest BCUT2D eigenvalue weighted by Crippen LogP contribution is -2.37. The van der Waals surface area contributed by atoms with Gasteiger partial charge < -0.3 is 10.2 Å². The molecule has 1 fully saturated rings. The molecule has 0 atom stereocenters. The summed E-state index contributed by atoms with van der Waals surface area (Å²) >= 11 is 3.48. The van der Waals surface area contributed by atoms with E-state index in [1.165, 1.54) is 25.1 Å². The van der Waals surface area contributed by atoms with E-state index in [2.05, 4.69) is 44.1 Å². The Hall–Kier alpha value is -0.610. The molecule has 94 valence electrons. The average Bonchev–Trinajstić information content (AvgIpc) is 2.37. The van der Waals surface area contributed by atoms with Gasteiger partial charge in [-0.05, 0) is 53.8 Å². The van der Waals surface area contributed by atoms with Crippen molar-refractivity contribution in [3.05, 3.63) is 22.9 Å². The number of pyridine rings is 1. The van der Waals surface area contributed by atoms with Gasteiger partial charge in [0.1, 0.15) is 0 Å². The van der Waals surface area contributed by atoms with Crippen molar-refractivity contribution in [2.75, 3.05) is 31.1 Å². The third-order valence-corrected chi connectivity index (χ3v) is 3.79. The minimum absolute atomic E-state index is 0.839. The maximum absolute atomic E-state index is 4.23. The molecule has 2 heterocycles. The molecule has 0 spiro atoms. The molecule has 1 aromatic rings. The van der Waals surface area contributed by atoms with Crippen LogP contribution in [0.3, 0.4) is 0 Å². The van der Waals surface area contributed by atoms with Crippen molar-refractivity contribution in [1.82, 2.24) is 10.3 Å². The summed E-state index contributed by atoms with van der Waals surface area (Å²) in [5.41, 5.74) is 1.24. The molecule has 0 bridgehead atoms.